The van der Waals surface area contributed by atoms with Crippen LogP contribution in [0.5, 0.6) is 0 Å². The molecule has 2 heterocycles. The first-order valence-electron chi connectivity index (χ1n) is 5.04. The molecule has 18 heavy (non-hydrogen) atoms. The van der Waals surface area contributed by atoms with Crippen LogP contribution >= 0.6 is 23.4 Å². The third-order valence-electron chi connectivity index (χ3n) is 2.33. The Morgan fingerprint density at radius 3 is 2.94 bits per heavy atom. The van der Waals surface area contributed by atoms with Gasteiger partial charge in [0, 0.05) is 17.5 Å². The number of hydrogen-bond acceptors (Lipinski definition) is 6. The first-order chi connectivity index (χ1) is 8.74. The van der Waals surface area contributed by atoms with Gasteiger partial charge in [-0.1, -0.05) is 11.6 Å². The lowest BCUT2D eigenvalue weighted by Crippen LogP contribution is -1.94. The molecule has 0 atom stereocenters. The molecule has 2 aromatic heterocycles. The number of rotatable bonds is 2. The summed E-state index contributed by atoms with van der Waals surface area (Å²) in [5.74, 6) is 0. The summed E-state index contributed by atoms with van der Waals surface area (Å²) in [6, 6.07) is 5.50. The van der Waals surface area contributed by atoms with Crippen molar-refractivity contribution in [2.75, 3.05) is 0 Å². The lowest BCUT2D eigenvalue weighted by atomic mass is 10.2. The number of hydrogen-bond donors (Lipinski definition) is 0. The Morgan fingerprint density at radius 1 is 1.28 bits per heavy atom. The quantitative estimate of drug-likeness (QED) is 0.668. The van der Waals surface area contributed by atoms with Crippen molar-refractivity contribution in [3.8, 4) is 0 Å². The Morgan fingerprint density at radius 2 is 2.17 bits per heavy atom. The Hall–Kier alpha value is -1.73. The molecule has 0 aliphatic heterocycles. The average molecular weight is 279 g/mol. The van der Waals surface area contributed by atoms with E-state index >= 15 is 0 Å². The standard InChI is InChI=1S/C10H7ClN6S/c1-17-10(14-15-16-17)18-9-7-4-6(11)2-3-8(7)12-5-13-9/h2-5H,1H3. The van der Waals surface area contributed by atoms with Crippen molar-refractivity contribution in [1.82, 2.24) is 30.2 Å². The second-order valence-electron chi connectivity index (χ2n) is 3.53. The van der Waals surface area contributed by atoms with Crippen molar-refractivity contribution >= 4 is 34.3 Å². The molecular weight excluding hydrogens is 272 g/mol. The summed E-state index contributed by atoms with van der Waals surface area (Å²) in [6.45, 7) is 0. The van der Waals surface area contributed by atoms with Gasteiger partial charge in [0.15, 0.2) is 0 Å². The number of benzene rings is 1. The molecule has 3 rings (SSSR count). The van der Waals surface area contributed by atoms with E-state index in [0.717, 1.165) is 15.9 Å². The van der Waals surface area contributed by atoms with E-state index in [1.165, 1.54) is 18.1 Å². The van der Waals surface area contributed by atoms with Crippen molar-refractivity contribution in [2.24, 2.45) is 7.05 Å². The fourth-order valence-corrected chi connectivity index (χ4v) is 2.44. The Bertz CT molecular complexity index is 712. The van der Waals surface area contributed by atoms with Crippen molar-refractivity contribution in [2.45, 2.75) is 10.2 Å². The highest BCUT2D eigenvalue weighted by molar-refractivity contribution is 7.99. The second kappa shape index (κ2) is 4.51. The van der Waals surface area contributed by atoms with Crippen LogP contribution in [-0.2, 0) is 7.05 Å². The van der Waals surface area contributed by atoms with E-state index in [1.807, 2.05) is 12.1 Å². The molecule has 0 radical (unpaired) electrons. The first kappa shape index (κ1) is 11.4. The van der Waals surface area contributed by atoms with Crippen LogP contribution in [0.25, 0.3) is 10.9 Å². The van der Waals surface area contributed by atoms with Gasteiger partial charge in [0.05, 0.1) is 5.52 Å². The summed E-state index contributed by atoms with van der Waals surface area (Å²) in [6.07, 6.45) is 1.52. The molecule has 0 amide bonds. The summed E-state index contributed by atoms with van der Waals surface area (Å²) in [7, 11) is 1.78. The van der Waals surface area contributed by atoms with E-state index in [1.54, 1.807) is 17.8 Å². The third-order valence-corrected chi connectivity index (χ3v) is 3.61. The number of tetrazole rings is 1. The van der Waals surface area contributed by atoms with Gasteiger partial charge in [-0.05, 0) is 40.4 Å². The Kier molecular flexibility index (Phi) is 2.85. The molecule has 0 N–H and O–H groups in total. The fourth-order valence-electron chi connectivity index (χ4n) is 1.48. The van der Waals surface area contributed by atoms with E-state index in [4.69, 9.17) is 11.6 Å². The van der Waals surface area contributed by atoms with E-state index in [9.17, 15) is 0 Å². The maximum absolute atomic E-state index is 5.99. The highest BCUT2D eigenvalue weighted by Crippen LogP contribution is 2.30. The molecule has 3 aromatic rings. The van der Waals surface area contributed by atoms with Gasteiger partial charge in [-0.25, -0.2) is 14.6 Å². The van der Waals surface area contributed by atoms with Crippen LogP contribution < -0.4 is 0 Å². The number of fused-ring (bicyclic) bond motifs is 1. The number of aromatic nitrogens is 6. The molecule has 0 spiro atoms. The molecule has 0 fully saturated rings. The predicted octanol–water partition coefficient (Wildman–Crippen LogP) is 1.96. The van der Waals surface area contributed by atoms with Gasteiger partial charge >= 0.3 is 0 Å². The fraction of sp³-hybridized carbons (Fsp3) is 0.100. The molecular formula is C10H7ClN6S. The maximum Gasteiger partial charge on any atom is 0.215 e. The third kappa shape index (κ3) is 2.02. The minimum absolute atomic E-state index is 0.648. The summed E-state index contributed by atoms with van der Waals surface area (Å²) in [5, 5.41) is 14.3. The van der Waals surface area contributed by atoms with Crippen LogP contribution in [0.1, 0.15) is 0 Å². The maximum atomic E-state index is 5.99. The minimum Gasteiger partial charge on any atom is -0.236 e. The van der Waals surface area contributed by atoms with Gasteiger partial charge < -0.3 is 0 Å². The van der Waals surface area contributed by atoms with Crippen molar-refractivity contribution < 1.29 is 0 Å². The van der Waals surface area contributed by atoms with Crippen LogP contribution in [0.15, 0.2) is 34.7 Å². The number of nitrogens with zero attached hydrogens (tertiary/aromatic N) is 6. The lowest BCUT2D eigenvalue weighted by molar-refractivity contribution is 0.664. The topological polar surface area (TPSA) is 69.4 Å². The number of aryl methyl sites for hydroxylation is 1. The molecule has 90 valence electrons. The van der Waals surface area contributed by atoms with Crippen molar-refractivity contribution in [3.05, 3.63) is 29.5 Å². The lowest BCUT2D eigenvalue weighted by Gasteiger charge is -2.03. The molecule has 0 bridgehead atoms. The highest BCUT2D eigenvalue weighted by atomic mass is 35.5. The van der Waals surface area contributed by atoms with Crippen LogP contribution in [0.3, 0.4) is 0 Å². The Labute approximate surface area is 111 Å². The van der Waals surface area contributed by atoms with Crippen LogP contribution in [-0.4, -0.2) is 30.2 Å². The van der Waals surface area contributed by atoms with Crippen LogP contribution in [0.4, 0.5) is 0 Å². The molecule has 0 aliphatic rings. The zero-order valence-corrected chi connectivity index (χ0v) is 10.9. The molecule has 0 saturated heterocycles. The first-order valence-corrected chi connectivity index (χ1v) is 6.24. The highest BCUT2D eigenvalue weighted by Gasteiger charge is 2.10. The van der Waals surface area contributed by atoms with Crippen LogP contribution in [0.2, 0.25) is 5.02 Å². The Balaban J connectivity index is 2.11. The van der Waals surface area contributed by atoms with E-state index < -0.39 is 0 Å². The van der Waals surface area contributed by atoms with Gasteiger partial charge in [-0.3, -0.25) is 0 Å². The van der Waals surface area contributed by atoms with Crippen molar-refractivity contribution in [1.29, 1.82) is 0 Å². The summed E-state index contributed by atoms with van der Waals surface area (Å²) in [4.78, 5) is 8.44. The molecule has 6 nitrogen and oxygen atoms in total. The van der Waals surface area contributed by atoms with Gasteiger partial charge in [0.25, 0.3) is 0 Å². The zero-order valence-electron chi connectivity index (χ0n) is 9.28. The van der Waals surface area contributed by atoms with E-state index in [0.29, 0.717) is 10.2 Å². The monoisotopic (exact) mass is 278 g/mol. The molecule has 8 heteroatoms. The van der Waals surface area contributed by atoms with Gasteiger partial charge in [-0.2, -0.15) is 0 Å². The SMILES string of the molecule is Cn1nnnc1Sc1ncnc2ccc(Cl)cc12. The normalized spacial score (nSPS) is 11.0. The van der Waals surface area contributed by atoms with Gasteiger partial charge in [0.1, 0.15) is 11.4 Å². The van der Waals surface area contributed by atoms with E-state index in [2.05, 4.69) is 25.5 Å². The molecule has 1 aromatic carbocycles. The van der Waals surface area contributed by atoms with E-state index in [-0.39, 0.29) is 0 Å². The largest absolute Gasteiger partial charge is 0.236 e. The zero-order chi connectivity index (χ0) is 12.5. The summed E-state index contributed by atoms with van der Waals surface area (Å²) >= 11 is 7.37. The van der Waals surface area contributed by atoms with Crippen LogP contribution in [0, 0.1) is 0 Å². The second-order valence-corrected chi connectivity index (χ2v) is 4.92. The smallest absolute Gasteiger partial charge is 0.215 e. The predicted molar refractivity (Wildman–Crippen MR) is 67.5 cm³/mol. The number of halogens is 1. The molecule has 0 unspecified atom stereocenters. The summed E-state index contributed by atoms with van der Waals surface area (Å²) < 4.78 is 1.59. The van der Waals surface area contributed by atoms with Crippen molar-refractivity contribution in [3.63, 3.8) is 0 Å². The summed E-state index contributed by atoms with van der Waals surface area (Å²) in [5.41, 5.74) is 0.840. The average Bonchev–Trinajstić information content (AvgIpc) is 2.76. The minimum atomic E-state index is 0.648. The van der Waals surface area contributed by atoms with Gasteiger partial charge in [0.2, 0.25) is 5.16 Å². The molecule has 0 aliphatic carbocycles. The van der Waals surface area contributed by atoms with Gasteiger partial charge in [-0.15, -0.1) is 5.10 Å². The molecule has 0 saturated carbocycles.